The van der Waals surface area contributed by atoms with Gasteiger partial charge in [-0.1, -0.05) is 23.7 Å². The van der Waals surface area contributed by atoms with Crippen LogP contribution in [0.2, 0.25) is 5.02 Å². The summed E-state index contributed by atoms with van der Waals surface area (Å²) in [4.78, 5) is 51.0. The Labute approximate surface area is 194 Å². The van der Waals surface area contributed by atoms with E-state index in [1.54, 1.807) is 48.5 Å². The molecule has 32 heavy (non-hydrogen) atoms. The van der Waals surface area contributed by atoms with E-state index in [-0.39, 0.29) is 12.5 Å². The molecule has 1 atom stereocenters. The van der Waals surface area contributed by atoms with Gasteiger partial charge in [-0.25, -0.2) is 4.79 Å². The molecule has 10 heteroatoms. The van der Waals surface area contributed by atoms with Crippen molar-refractivity contribution in [1.29, 1.82) is 0 Å². The van der Waals surface area contributed by atoms with Crippen LogP contribution in [0.3, 0.4) is 0 Å². The molecule has 0 aromatic heterocycles. The Balaban J connectivity index is 1.63. The van der Waals surface area contributed by atoms with Crippen molar-refractivity contribution < 1.29 is 23.9 Å². The molecule has 8 nitrogen and oxygen atoms in total. The van der Waals surface area contributed by atoms with Crippen molar-refractivity contribution in [3.63, 3.8) is 0 Å². The number of hydrogen-bond donors (Lipinski definition) is 2. The molecule has 0 aliphatic carbocycles. The smallest absolute Gasteiger partial charge is 0.329 e. The van der Waals surface area contributed by atoms with E-state index in [0.717, 1.165) is 0 Å². The first-order valence-electron chi connectivity index (χ1n) is 9.80. The third-order valence-electron chi connectivity index (χ3n) is 4.72. The van der Waals surface area contributed by atoms with E-state index in [1.807, 2.05) is 6.26 Å². The summed E-state index contributed by atoms with van der Waals surface area (Å²) in [5, 5.41) is 5.84. The standard InChI is InChI=1S/C22H22ClN3O5S/c1-32-11-10-17(25-21(29)14-6-8-15(23)9-7-14)22(30)31-13-20(28)26-12-19(27)24-16-4-2-3-5-18(16)26/h2-9,17H,10-13H2,1H3,(H,24,27)(H,25,29)/t17-/m0/s1. The van der Waals surface area contributed by atoms with E-state index in [1.165, 1.54) is 16.7 Å². The van der Waals surface area contributed by atoms with Crippen LogP contribution in [0.25, 0.3) is 0 Å². The number of para-hydroxylation sites is 2. The summed E-state index contributed by atoms with van der Waals surface area (Å²) in [6, 6.07) is 12.2. The number of esters is 1. The molecule has 2 N–H and O–H groups in total. The molecule has 0 spiro atoms. The van der Waals surface area contributed by atoms with E-state index in [9.17, 15) is 19.2 Å². The van der Waals surface area contributed by atoms with E-state index >= 15 is 0 Å². The zero-order valence-corrected chi connectivity index (χ0v) is 18.9. The van der Waals surface area contributed by atoms with Crippen molar-refractivity contribution in [2.45, 2.75) is 12.5 Å². The molecule has 0 saturated carbocycles. The van der Waals surface area contributed by atoms with Crippen LogP contribution in [0.1, 0.15) is 16.8 Å². The molecule has 0 bridgehead atoms. The second kappa shape index (κ2) is 11.0. The van der Waals surface area contributed by atoms with Crippen molar-refractivity contribution >= 4 is 58.4 Å². The molecule has 3 amide bonds. The lowest BCUT2D eigenvalue weighted by molar-refractivity contribution is -0.149. The largest absolute Gasteiger partial charge is 0.454 e. The second-order valence-corrected chi connectivity index (χ2v) is 8.39. The third-order valence-corrected chi connectivity index (χ3v) is 5.61. The Kier molecular flexibility index (Phi) is 8.13. The number of nitrogens with zero attached hydrogens (tertiary/aromatic N) is 1. The topological polar surface area (TPSA) is 105 Å². The maximum atomic E-state index is 12.7. The lowest BCUT2D eigenvalue weighted by Gasteiger charge is -2.29. The minimum Gasteiger partial charge on any atom is -0.454 e. The highest BCUT2D eigenvalue weighted by atomic mass is 35.5. The van der Waals surface area contributed by atoms with Crippen LogP contribution in [0, 0.1) is 0 Å². The fourth-order valence-corrected chi connectivity index (χ4v) is 3.69. The summed E-state index contributed by atoms with van der Waals surface area (Å²) >= 11 is 7.36. The molecule has 0 saturated heterocycles. The average Bonchev–Trinajstić information content (AvgIpc) is 2.79. The number of carbonyl (C=O) groups excluding carboxylic acids is 4. The van der Waals surface area contributed by atoms with Gasteiger partial charge < -0.3 is 15.4 Å². The van der Waals surface area contributed by atoms with Gasteiger partial charge in [0.25, 0.3) is 11.8 Å². The number of ether oxygens (including phenoxy) is 1. The molecule has 0 fully saturated rings. The lowest BCUT2D eigenvalue weighted by Crippen LogP contribution is -2.46. The highest BCUT2D eigenvalue weighted by Crippen LogP contribution is 2.28. The van der Waals surface area contributed by atoms with Crippen LogP contribution in [0.4, 0.5) is 11.4 Å². The Morgan fingerprint density at radius 2 is 1.91 bits per heavy atom. The second-order valence-electron chi connectivity index (χ2n) is 6.97. The summed E-state index contributed by atoms with van der Waals surface area (Å²) in [5.41, 5.74) is 1.39. The first kappa shape index (κ1) is 23.6. The van der Waals surface area contributed by atoms with Gasteiger partial charge in [0.1, 0.15) is 12.6 Å². The van der Waals surface area contributed by atoms with Crippen LogP contribution >= 0.6 is 23.4 Å². The fourth-order valence-electron chi connectivity index (χ4n) is 3.09. The summed E-state index contributed by atoms with van der Waals surface area (Å²) < 4.78 is 5.22. The highest BCUT2D eigenvalue weighted by molar-refractivity contribution is 7.98. The number of anilines is 2. The SMILES string of the molecule is CSCC[C@H](NC(=O)c1ccc(Cl)cc1)C(=O)OCC(=O)N1CC(=O)Nc2ccccc21. The zero-order chi connectivity index (χ0) is 23.1. The molecule has 1 heterocycles. The van der Waals surface area contributed by atoms with Crippen LogP contribution in [-0.2, 0) is 19.1 Å². The maximum absolute atomic E-state index is 12.7. The van der Waals surface area contributed by atoms with Gasteiger partial charge in [0.05, 0.1) is 11.4 Å². The number of thioether (sulfide) groups is 1. The number of fused-ring (bicyclic) bond motifs is 1. The number of halogens is 1. The number of carbonyl (C=O) groups is 4. The Morgan fingerprint density at radius 3 is 2.62 bits per heavy atom. The summed E-state index contributed by atoms with van der Waals surface area (Å²) in [6.07, 6.45) is 2.22. The minimum absolute atomic E-state index is 0.170. The number of nitrogens with one attached hydrogen (secondary N) is 2. The van der Waals surface area contributed by atoms with Crippen LogP contribution in [0.5, 0.6) is 0 Å². The maximum Gasteiger partial charge on any atom is 0.329 e. The fraction of sp³-hybridized carbons (Fsp3) is 0.273. The van der Waals surface area contributed by atoms with E-state index in [4.69, 9.17) is 16.3 Å². The molecule has 0 unspecified atom stereocenters. The molecule has 1 aliphatic heterocycles. The van der Waals surface area contributed by atoms with Gasteiger partial charge in [-0.05, 0) is 54.8 Å². The van der Waals surface area contributed by atoms with Gasteiger partial charge in [0.2, 0.25) is 5.91 Å². The van der Waals surface area contributed by atoms with Crippen molar-refractivity contribution in [3.05, 3.63) is 59.1 Å². The molecular formula is C22H22ClN3O5S. The first-order valence-corrected chi connectivity index (χ1v) is 11.6. The number of amides is 3. The average molecular weight is 476 g/mol. The van der Waals surface area contributed by atoms with Crippen LogP contribution in [-0.4, -0.2) is 54.9 Å². The molecule has 0 radical (unpaired) electrons. The van der Waals surface area contributed by atoms with Crippen molar-refractivity contribution in [2.75, 3.05) is 35.4 Å². The number of rotatable bonds is 8. The minimum atomic E-state index is -0.921. The summed E-state index contributed by atoms with van der Waals surface area (Å²) in [5.74, 6) is -1.43. The van der Waals surface area contributed by atoms with E-state index < -0.39 is 30.4 Å². The van der Waals surface area contributed by atoms with Crippen LogP contribution < -0.4 is 15.5 Å². The third kappa shape index (κ3) is 6.02. The Morgan fingerprint density at radius 1 is 1.19 bits per heavy atom. The van der Waals surface area contributed by atoms with Gasteiger partial charge in [0.15, 0.2) is 6.61 Å². The summed E-state index contributed by atoms with van der Waals surface area (Å²) in [6.45, 7) is -0.719. The van der Waals surface area contributed by atoms with Gasteiger partial charge in [-0.15, -0.1) is 0 Å². The van der Waals surface area contributed by atoms with Gasteiger partial charge >= 0.3 is 5.97 Å². The van der Waals surface area contributed by atoms with Gasteiger partial charge in [-0.2, -0.15) is 11.8 Å². The van der Waals surface area contributed by atoms with Crippen LogP contribution in [0.15, 0.2) is 48.5 Å². The van der Waals surface area contributed by atoms with Gasteiger partial charge in [-0.3, -0.25) is 19.3 Å². The van der Waals surface area contributed by atoms with Crippen molar-refractivity contribution in [3.8, 4) is 0 Å². The molecule has 168 valence electrons. The number of benzene rings is 2. The molecular weight excluding hydrogens is 454 g/mol. The molecule has 2 aromatic rings. The quantitative estimate of drug-likeness (QED) is 0.569. The number of hydrogen-bond acceptors (Lipinski definition) is 6. The van der Waals surface area contributed by atoms with Crippen molar-refractivity contribution in [1.82, 2.24) is 5.32 Å². The van der Waals surface area contributed by atoms with E-state index in [0.29, 0.717) is 34.1 Å². The Hall–Kier alpha value is -3.04. The van der Waals surface area contributed by atoms with Crippen molar-refractivity contribution in [2.24, 2.45) is 0 Å². The first-order chi connectivity index (χ1) is 15.4. The zero-order valence-electron chi connectivity index (χ0n) is 17.3. The summed E-state index contributed by atoms with van der Waals surface area (Å²) in [7, 11) is 0. The predicted octanol–water partition coefficient (Wildman–Crippen LogP) is 2.72. The molecule has 3 rings (SSSR count). The lowest BCUT2D eigenvalue weighted by atomic mass is 10.1. The Bertz CT molecular complexity index is 1010. The monoisotopic (exact) mass is 475 g/mol. The predicted molar refractivity (Wildman–Crippen MR) is 124 cm³/mol. The molecule has 1 aliphatic rings. The highest BCUT2D eigenvalue weighted by Gasteiger charge is 2.29. The van der Waals surface area contributed by atoms with E-state index in [2.05, 4.69) is 10.6 Å². The normalized spacial score (nSPS) is 13.6. The van der Waals surface area contributed by atoms with Gasteiger partial charge in [0, 0.05) is 10.6 Å². The molecule has 2 aromatic carbocycles.